The molecule has 2 aliphatic heterocycles. The molecule has 0 saturated carbocycles. The van der Waals surface area contributed by atoms with Crippen molar-refractivity contribution in [2.24, 2.45) is 0 Å². The van der Waals surface area contributed by atoms with E-state index in [2.05, 4.69) is 36.7 Å². The number of hydrogen-bond donors (Lipinski definition) is 5. The van der Waals surface area contributed by atoms with E-state index in [-0.39, 0.29) is 35.2 Å². The van der Waals surface area contributed by atoms with Crippen LogP contribution in [0.4, 0.5) is 10.6 Å². The molecule has 4 heterocycles. The van der Waals surface area contributed by atoms with Gasteiger partial charge in [0.25, 0.3) is 0 Å². The topological polar surface area (TPSA) is 145 Å². The van der Waals surface area contributed by atoms with Gasteiger partial charge in [-0.3, -0.25) is 20.7 Å². The molecule has 280 valence electrons. The molecule has 53 heavy (non-hydrogen) atoms. The van der Waals surface area contributed by atoms with Crippen LogP contribution in [0.25, 0.3) is 5.69 Å². The molecule has 0 radical (unpaired) electrons. The number of piperidine rings is 2. The number of pyridine rings is 1. The first-order valence-electron chi connectivity index (χ1n) is 18.8. The average Bonchev–Trinajstić information content (AvgIpc) is 3.59. The summed E-state index contributed by atoms with van der Waals surface area (Å²) in [6.07, 6.45) is 8.01. The number of carbonyl (C=O) groups is 1. The summed E-state index contributed by atoms with van der Waals surface area (Å²) in [5.41, 5.74) is 3.54. The summed E-state index contributed by atoms with van der Waals surface area (Å²) in [5.74, 6) is 2.04. The molecule has 12 nitrogen and oxygen atoms in total. The van der Waals surface area contributed by atoms with Crippen molar-refractivity contribution in [2.45, 2.75) is 89.4 Å². The van der Waals surface area contributed by atoms with Crippen molar-refractivity contribution >= 4 is 29.4 Å². The number of ether oxygens (including phenoxy) is 2. The van der Waals surface area contributed by atoms with Gasteiger partial charge >= 0.3 is 6.03 Å². The summed E-state index contributed by atoms with van der Waals surface area (Å²) in [6.45, 7) is 9.73. The van der Waals surface area contributed by atoms with Crippen LogP contribution in [0.3, 0.4) is 0 Å². The number of benzene rings is 2. The highest BCUT2D eigenvalue weighted by atomic mass is 35.5. The van der Waals surface area contributed by atoms with E-state index in [9.17, 15) is 4.79 Å². The van der Waals surface area contributed by atoms with E-state index < -0.39 is 0 Å². The molecular weight excluding hydrogens is 690 g/mol. The van der Waals surface area contributed by atoms with E-state index >= 15 is 0 Å². The van der Waals surface area contributed by atoms with Gasteiger partial charge in [0.05, 0.1) is 28.6 Å². The highest BCUT2D eigenvalue weighted by molar-refractivity contribution is 6.32. The molecule has 5 N–H and O–H groups in total. The maximum absolute atomic E-state index is 13.8. The van der Waals surface area contributed by atoms with Gasteiger partial charge in [0.2, 0.25) is 5.96 Å². The lowest BCUT2D eigenvalue weighted by molar-refractivity contribution is 0.162. The van der Waals surface area contributed by atoms with Crippen molar-refractivity contribution in [3.8, 4) is 17.2 Å². The molecule has 4 aromatic rings. The summed E-state index contributed by atoms with van der Waals surface area (Å²) >= 11 is 6.59. The number of anilines is 1. The lowest BCUT2D eigenvalue weighted by Crippen LogP contribution is -2.42. The van der Waals surface area contributed by atoms with Crippen molar-refractivity contribution in [3.05, 3.63) is 94.2 Å². The van der Waals surface area contributed by atoms with Gasteiger partial charge in [0, 0.05) is 30.6 Å². The standard InChI is InChI=1S/C40H50ClN9O3/c1-40(2,3)35-24-37(50(47-35)26-11-13-31(41)34(23-26)52-27-17-19-44-20-18-27)46-39(51)45-32-14-15-33(30-10-6-5-9-29(30)32)53-28-12-16-36(42)49(25-28)38(43)48-21-7-4-8-22-48/h5-6,9-13,16,23-25,27,32-33,42-44H,4,7-8,14-15,17-22H2,1-3H3,(H2,45,46,51)/t32-,33+/m0/s1. The molecular formula is C40H50ClN9O3. The zero-order valence-electron chi connectivity index (χ0n) is 30.8. The molecule has 13 heteroatoms. The molecule has 2 saturated heterocycles. The van der Waals surface area contributed by atoms with Crippen molar-refractivity contribution in [3.63, 3.8) is 0 Å². The second kappa shape index (κ2) is 15.7. The van der Waals surface area contributed by atoms with Gasteiger partial charge in [-0.15, -0.1) is 0 Å². The van der Waals surface area contributed by atoms with Crippen LogP contribution >= 0.6 is 11.6 Å². The predicted octanol–water partition coefficient (Wildman–Crippen LogP) is 7.28. The van der Waals surface area contributed by atoms with Crippen molar-refractivity contribution < 1.29 is 14.3 Å². The Labute approximate surface area is 315 Å². The van der Waals surface area contributed by atoms with Crippen LogP contribution in [-0.4, -0.2) is 63.5 Å². The van der Waals surface area contributed by atoms with Gasteiger partial charge in [-0.1, -0.05) is 56.6 Å². The largest absolute Gasteiger partial charge is 0.489 e. The summed E-state index contributed by atoms with van der Waals surface area (Å²) in [4.78, 5) is 15.8. The SMILES string of the molecule is CC(C)(C)c1cc(NC(=O)N[C@H]2CC[C@@H](Oc3ccc(=N)n(C(=N)N4CCCCC4)c3)c3ccccc32)n(-c2ccc(Cl)c(OC3CCNCC3)c2)n1. The number of rotatable bonds is 7. The number of urea groups is 1. The Balaban J connectivity index is 1.07. The highest BCUT2D eigenvalue weighted by Crippen LogP contribution is 2.39. The van der Waals surface area contributed by atoms with Crippen LogP contribution in [0.1, 0.15) is 94.7 Å². The fraction of sp³-hybridized carbons (Fsp3) is 0.450. The van der Waals surface area contributed by atoms with Crippen LogP contribution in [0.15, 0.2) is 66.9 Å². The summed E-state index contributed by atoms with van der Waals surface area (Å²) < 4.78 is 16.2. The summed E-state index contributed by atoms with van der Waals surface area (Å²) in [5, 5.41) is 32.4. The van der Waals surface area contributed by atoms with E-state index in [0.717, 1.165) is 74.4 Å². The zero-order chi connectivity index (χ0) is 37.1. The molecule has 0 unspecified atom stereocenters. The third kappa shape index (κ3) is 8.39. The first-order valence-corrected chi connectivity index (χ1v) is 19.1. The number of halogens is 1. The van der Waals surface area contributed by atoms with Crippen LogP contribution in [0.5, 0.6) is 11.5 Å². The number of nitrogens with one attached hydrogen (secondary N) is 5. The monoisotopic (exact) mass is 739 g/mol. The summed E-state index contributed by atoms with van der Waals surface area (Å²) in [7, 11) is 0. The zero-order valence-corrected chi connectivity index (χ0v) is 31.5. The quantitative estimate of drug-likeness (QED) is 0.0996. The molecule has 3 aliphatic rings. The molecule has 7 rings (SSSR count). The van der Waals surface area contributed by atoms with Gasteiger partial charge in [0.15, 0.2) is 0 Å². The Kier molecular flexibility index (Phi) is 10.8. The molecule has 2 amide bonds. The number of likely N-dealkylation sites (tertiary alicyclic amines) is 1. The molecule has 2 atom stereocenters. The van der Waals surface area contributed by atoms with Crippen LogP contribution < -0.4 is 30.9 Å². The Morgan fingerprint density at radius 1 is 0.943 bits per heavy atom. The molecule has 2 aromatic heterocycles. The number of aromatic nitrogens is 3. The van der Waals surface area contributed by atoms with Gasteiger partial charge in [-0.05, 0) is 93.4 Å². The summed E-state index contributed by atoms with van der Waals surface area (Å²) in [6, 6.07) is 18.4. The van der Waals surface area contributed by atoms with Crippen LogP contribution in [0, 0.1) is 10.8 Å². The number of fused-ring (bicyclic) bond motifs is 1. The minimum Gasteiger partial charge on any atom is -0.489 e. The number of carbonyl (C=O) groups excluding carboxylic acids is 1. The van der Waals surface area contributed by atoms with Crippen LogP contribution in [0.2, 0.25) is 5.02 Å². The van der Waals surface area contributed by atoms with E-state index in [4.69, 9.17) is 37.0 Å². The fourth-order valence-electron chi connectivity index (χ4n) is 7.32. The molecule has 1 aliphatic carbocycles. The van der Waals surface area contributed by atoms with Crippen LogP contribution in [-0.2, 0) is 5.41 Å². The van der Waals surface area contributed by atoms with Crippen molar-refractivity contribution in [1.29, 1.82) is 10.8 Å². The Hall–Kier alpha value is -4.81. The fourth-order valence-corrected chi connectivity index (χ4v) is 7.48. The van der Waals surface area contributed by atoms with Gasteiger partial charge in [0.1, 0.15) is 35.0 Å². The van der Waals surface area contributed by atoms with Gasteiger partial charge < -0.3 is 25.0 Å². The predicted molar refractivity (Wildman–Crippen MR) is 207 cm³/mol. The average molecular weight is 740 g/mol. The van der Waals surface area contributed by atoms with E-state index in [1.807, 2.05) is 53.4 Å². The molecule has 0 spiro atoms. The number of hydrogen-bond acceptors (Lipinski definition) is 7. The first kappa shape index (κ1) is 36.5. The third-order valence-corrected chi connectivity index (χ3v) is 10.6. The molecule has 0 bridgehead atoms. The molecule has 2 aromatic carbocycles. The van der Waals surface area contributed by atoms with E-state index in [1.165, 1.54) is 6.42 Å². The van der Waals surface area contributed by atoms with E-state index in [1.54, 1.807) is 27.6 Å². The maximum Gasteiger partial charge on any atom is 0.320 e. The van der Waals surface area contributed by atoms with Gasteiger partial charge in [-0.2, -0.15) is 5.10 Å². The first-order chi connectivity index (χ1) is 25.5. The lowest BCUT2D eigenvalue weighted by atomic mass is 9.85. The number of amides is 2. The Morgan fingerprint density at radius 3 is 2.45 bits per heavy atom. The third-order valence-electron chi connectivity index (χ3n) is 10.3. The maximum atomic E-state index is 13.8. The Morgan fingerprint density at radius 2 is 1.70 bits per heavy atom. The molecule has 2 fully saturated rings. The smallest absolute Gasteiger partial charge is 0.320 e. The van der Waals surface area contributed by atoms with Gasteiger partial charge in [-0.25, -0.2) is 9.48 Å². The number of nitrogens with zero attached hydrogens (tertiary/aromatic N) is 4. The van der Waals surface area contributed by atoms with Crippen molar-refractivity contribution in [2.75, 3.05) is 31.5 Å². The second-order valence-corrected chi connectivity index (χ2v) is 15.6. The van der Waals surface area contributed by atoms with E-state index in [0.29, 0.717) is 41.1 Å². The minimum atomic E-state index is -0.339. The lowest BCUT2D eigenvalue weighted by Gasteiger charge is -2.33. The normalized spacial score (nSPS) is 19.3. The van der Waals surface area contributed by atoms with Crippen molar-refractivity contribution in [1.82, 2.24) is 29.9 Å². The minimum absolute atomic E-state index is 0.0812. The second-order valence-electron chi connectivity index (χ2n) is 15.2. The Bertz CT molecular complexity index is 2010. The highest BCUT2D eigenvalue weighted by Gasteiger charge is 2.30.